The molecule has 0 amide bonds. The van der Waals surface area contributed by atoms with Crippen LogP contribution in [0.4, 0.5) is 13.2 Å². The van der Waals surface area contributed by atoms with Gasteiger partial charge in [0.15, 0.2) is 0 Å². The van der Waals surface area contributed by atoms with Gasteiger partial charge in [-0.1, -0.05) is 0 Å². The highest BCUT2D eigenvalue weighted by Crippen LogP contribution is 2.26. The Morgan fingerprint density at radius 2 is 2.00 bits per heavy atom. The third-order valence-corrected chi connectivity index (χ3v) is 1.25. The van der Waals surface area contributed by atoms with Gasteiger partial charge in [0.1, 0.15) is 0 Å². The summed E-state index contributed by atoms with van der Waals surface area (Å²) in [4.78, 5) is 0. The van der Waals surface area contributed by atoms with E-state index in [2.05, 4.69) is 4.74 Å². The molecule has 0 rings (SSSR count). The van der Waals surface area contributed by atoms with E-state index in [-0.39, 0.29) is 0 Å². The highest BCUT2D eigenvalue weighted by molar-refractivity contribution is 14.1. The molecule has 0 radical (unpaired) electrons. The quantitative estimate of drug-likeness (QED) is 0.529. The van der Waals surface area contributed by atoms with Crippen molar-refractivity contribution in [2.75, 3.05) is 7.11 Å². The zero-order valence-electron chi connectivity index (χ0n) is 4.00. The van der Waals surface area contributed by atoms with Crippen LogP contribution in [0.5, 0.6) is 0 Å². The number of alkyl halides is 4. The van der Waals surface area contributed by atoms with E-state index in [0.717, 1.165) is 29.7 Å². The molecule has 0 aromatic heterocycles. The van der Waals surface area contributed by atoms with Crippen molar-refractivity contribution in [2.45, 2.75) is 10.3 Å². The predicted molar refractivity (Wildman–Crippen MR) is 30.9 cm³/mol. The third kappa shape index (κ3) is 2.17. The molecule has 0 aliphatic rings. The van der Waals surface area contributed by atoms with Crippen molar-refractivity contribution in [1.82, 2.24) is 0 Å². The molecular formula is C3H4F3IO. The fourth-order valence-corrected chi connectivity index (χ4v) is 0.343. The summed E-state index contributed by atoms with van der Waals surface area (Å²) in [5, 5.41) is 0. The van der Waals surface area contributed by atoms with Crippen LogP contribution in [0.25, 0.3) is 0 Å². The van der Waals surface area contributed by atoms with Crippen molar-refractivity contribution >= 4 is 22.6 Å². The molecule has 0 aliphatic carbocycles. The fraction of sp³-hybridized carbons (Fsp3) is 1.00. The molecule has 1 atom stereocenters. The summed E-state index contributed by atoms with van der Waals surface area (Å²) in [6.45, 7) is 0. The van der Waals surface area contributed by atoms with E-state index in [1.54, 1.807) is 0 Å². The van der Waals surface area contributed by atoms with Gasteiger partial charge in [-0.2, -0.15) is 8.78 Å². The lowest BCUT2D eigenvalue weighted by molar-refractivity contribution is -0.234. The maximum absolute atomic E-state index is 11.7. The molecule has 8 heavy (non-hydrogen) atoms. The van der Waals surface area contributed by atoms with Gasteiger partial charge in [-0.3, -0.25) is 0 Å². The average molecular weight is 240 g/mol. The van der Waals surface area contributed by atoms with Gasteiger partial charge in [0.05, 0.1) is 0 Å². The summed E-state index contributed by atoms with van der Waals surface area (Å²) < 4.78 is 36.1. The van der Waals surface area contributed by atoms with Gasteiger partial charge in [-0.15, -0.1) is 0 Å². The molecule has 0 saturated carbocycles. The van der Waals surface area contributed by atoms with Crippen LogP contribution in [0.2, 0.25) is 0 Å². The lowest BCUT2D eigenvalue weighted by atomic mass is 10.7. The zero-order chi connectivity index (χ0) is 6.78. The van der Waals surface area contributed by atoms with Gasteiger partial charge in [0, 0.05) is 7.11 Å². The maximum Gasteiger partial charge on any atom is 0.395 e. The standard InChI is InChI=1S/C3H4F3IO/c1-8-3(5,6)2(4)7/h2H,1H3. The molecular weight excluding hydrogens is 236 g/mol. The van der Waals surface area contributed by atoms with Crippen molar-refractivity contribution < 1.29 is 17.9 Å². The van der Waals surface area contributed by atoms with Crippen molar-refractivity contribution in [3.8, 4) is 0 Å². The number of hydrogen-bond donors (Lipinski definition) is 0. The molecule has 0 aromatic carbocycles. The molecule has 0 saturated heterocycles. The Labute approximate surface area is 58.3 Å². The molecule has 50 valence electrons. The topological polar surface area (TPSA) is 9.23 Å². The number of ether oxygens (including phenoxy) is 1. The summed E-state index contributed by atoms with van der Waals surface area (Å²) in [5.74, 6) is 0. The summed E-state index contributed by atoms with van der Waals surface area (Å²) in [5.41, 5.74) is 0. The van der Waals surface area contributed by atoms with Crippen molar-refractivity contribution in [3.05, 3.63) is 0 Å². The summed E-state index contributed by atoms with van der Waals surface area (Å²) >= 11 is 0.944. The molecule has 1 unspecified atom stereocenters. The molecule has 5 heteroatoms. The zero-order valence-corrected chi connectivity index (χ0v) is 6.15. The van der Waals surface area contributed by atoms with Gasteiger partial charge >= 0.3 is 6.11 Å². The third-order valence-electron chi connectivity index (χ3n) is 0.526. The minimum absolute atomic E-state index is 0.755. The van der Waals surface area contributed by atoms with E-state index in [1.165, 1.54) is 0 Å². The number of halogens is 4. The Morgan fingerprint density at radius 1 is 1.62 bits per heavy atom. The molecule has 0 heterocycles. The largest absolute Gasteiger partial charge is 0.395 e. The van der Waals surface area contributed by atoms with E-state index < -0.39 is 10.3 Å². The Hall–Kier alpha value is 0.480. The minimum atomic E-state index is -3.64. The average Bonchev–Trinajstić information content (AvgIpc) is 1.67. The van der Waals surface area contributed by atoms with Crippen LogP contribution in [0.1, 0.15) is 0 Å². The normalized spacial score (nSPS) is 16.1. The van der Waals surface area contributed by atoms with E-state index in [0.29, 0.717) is 0 Å². The Balaban J connectivity index is 3.71. The van der Waals surface area contributed by atoms with Crippen molar-refractivity contribution in [2.24, 2.45) is 0 Å². The fourth-order valence-electron chi connectivity index (χ4n) is 0.0891. The van der Waals surface area contributed by atoms with Crippen LogP contribution in [-0.2, 0) is 4.74 Å². The van der Waals surface area contributed by atoms with E-state index in [4.69, 9.17) is 0 Å². The number of rotatable bonds is 2. The molecule has 0 spiro atoms. The SMILES string of the molecule is COC(F)(F)C(F)I. The van der Waals surface area contributed by atoms with Crippen LogP contribution in [0.3, 0.4) is 0 Å². The first-order valence-electron chi connectivity index (χ1n) is 1.72. The number of methoxy groups -OCH3 is 1. The Kier molecular flexibility index (Phi) is 3.03. The lowest BCUT2D eigenvalue weighted by Crippen LogP contribution is -2.26. The maximum atomic E-state index is 11.7. The van der Waals surface area contributed by atoms with Crippen LogP contribution >= 0.6 is 22.6 Å². The van der Waals surface area contributed by atoms with E-state index in [1.807, 2.05) is 0 Å². The summed E-state index contributed by atoms with van der Waals surface area (Å²) in [6.07, 6.45) is -3.64. The molecule has 1 nitrogen and oxygen atoms in total. The van der Waals surface area contributed by atoms with E-state index >= 15 is 0 Å². The molecule has 0 aromatic rings. The van der Waals surface area contributed by atoms with Crippen LogP contribution in [0, 0.1) is 0 Å². The lowest BCUT2D eigenvalue weighted by Gasteiger charge is -2.12. The van der Waals surface area contributed by atoms with Gasteiger partial charge in [-0.05, 0) is 22.6 Å². The Bertz CT molecular complexity index is 74.9. The summed E-state index contributed by atoms with van der Waals surface area (Å²) in [6, 6.07) is 0. The monoisotopic (exact) mass is 240 g/mol. The molecule has 0 fully saturated rings. The van der Waals surface area contributed by atoms with Gasteiger partial charge in [-0.25, -0.2) is 4.39 Å². The van der Waals surface area contributed by atoms with Crippen LogP contribution in [-0.4, -0.2) is 17.4 Å². The van der Waals surface area contributed by atoms with Crippen LogP contribution in [0.15, 0.2) is 0 Å². The van der Waals surface area contributed by atoms with Gasteiger partial charge in [0.2, 0.25) is 4.18 Å². The summed E-state index contributed by atoms with van der Waals surface area (Å²) in [7, 11) is 0.755. The van der Waals surface area contributed by atoms with Gasteiger partial charge in [0.25, 0.3) is 0 Å². The van der Waals surface area contributed by atoms with Gasteiger partial charge < -0.3 is 4.74 Å². The predicted octanol–water partition coefficient (Wildman–Crippen LogP) is 1.96. The van der Waals surface area contributed by atoms with Crippen LogP contribution < -0.4 is 0 Å². The second-order valence-corrected chi connectivity index (χ2v) is 2.16. The Morgan fingerprint density at radius 3 is 2.00 bits per heavy atom. The minimum Gasteiger partial charge on any atom is -0.321 e. The molecule has 0 aliphatic heterocycles. The second-order valence-electron chi connectivity index (χ2n) is 1.07. The highest BCUT2D eigenvalue weighted by atomic mass is 127. The van der Waals surface area contributed by atoms with E-state index in [9.17, 15) is 13.2 Å². The molecule has 0 N–H and O–H groups in total. The highest BCUT2D eigenvalue weighted by Gasteiger charge is 2.38. The first-order valence-corrected chi connectivity index (χ1v) is 2.96. The smallest absolute Gasteiger partial charge is 0.321 e. The first kappa shape index (κ1) is 8.48. The second kappa shape index (κ2) is 2.86. The van der Waals surface area contributed by atoms with Crippen molar-refractivity contribution in [3.63, 3.8) is 0 Å². The van der Waals surface area contributed by atoms with Crippen molar-refractivity contribution in [1.29, 1.82) is 0 Å². The molecule has 0 bridgehead atoms. The number of hydrogen-bond acceptors (Lipinski definition) is 1. The first-order chi connectivity index (χ1) is 3.50.